The van der Waals surface area contributed by atoms with Gasteiger partial charge in [0.2, 0.25) is 0 Å². The third-order valence-electron chi connectivity index (χ3n) is 2.74. The number of nitrogens with one attached hydrogen (secondary N) is 1. The number of benzene rings is 1. The molecule has 1 N–H and O–H groups in total. The lowest BCUT2D eigenvalue weighted by Gasteiger charge is -2.19. The lowest BCUT2D eigenvalue weighted by atomic mass is 9.98. The van der Waals surface area contributed by atoms with Crippen molar-refractivity contribution in [2.45, 2.75) is 12.8 Å². The molecular formula is C13H16FN. The van der Waals surface area contributed by atoms with E-state index in [9.17, 15) is 4.39 Å². The zero-order chi connectivity index (χ0) is 10.5. The zero-order valence-electron chi connectivity index (χ0n) is 8.75. The van der Waals surface area contributed by atoms with E-state index < -0.39 is 0 Å². The molecule has 0 spiro atoms. The van der Waals surface area contributed by atoms with Crippen molar-refractivity contribution in [1.82, 2.24) is 5.32 Å². The topological polar surface area (TPSA) is 12.0 Å². The quantitative estimate of drug-likeness (QED) is 0.782. The normalized spacial score (nSPS) is 22.1. The lowest BCUT2D eigenvalue weighted by Crippen LogP contribution is -2.28. The number of hydrogen-bond acceptors (Lipinski definition) is 1. The highest BCUT2D eigenvalue weighted by atomic mass is 19.1. The second kappa shape index (κ2) is 5.08. The van der Waals surface area contributed by atoms with Crippen molar-refractivity contribution >= 4 is 6.08 Å². The van der Waals surface area contributed by atoms with Gasteiger partial charge >= 0.3 is 0 Å². The van der Waals surface area contributed by atoms with Crippen molar-refractivity contribution in [2.75, 3.05) is 13.1 Å². The van der Waals surface area contributed by atoms with Crippen LogP contribution in [0.2, 0.25) is 0 Å². The summed E-state index contributed by atoms with van der Waals surface area (Å²) in [5.41, 5.74) is 0.945. The molecule has 1 unspecified atom stereocenters. The monoisotopic (exact) mass is 205 g/mol. The second-order valence-corrected chi connectivity index (χ2v) is 4.02. The van der Waals surface area contributed by atoms with E-state index in [-0.39, 0.29) is 5.82 Å². The Morgan fingerprint density at radius 1 is 1.40 bits per heavy atom. The van der Waals surface area contributed by atoms with E-state index in [0.29, 0.717) is 5.92 Å². The van der Waals surface area contributed by atoms with Crippen LogP contribution in [0.3, 0.4) is 0 Å². The summed E-state index contributed by atoms with van der Waals surface area (Å²) < 4.78 is 12.9. The van der Waals surface area contributed by atoms with Crippen LogP contribution in [0.25, 0.3) is 6.08 Å². The smallest absolute Gasteiger partial charge is 0.123 e. The van der Waals surface area contributed by atoms with Crippen LogP contribution < -0.4 is 5.32 Å². The molecule has 80 valence electrons. The molecular weight excluding hydrogens is 189 g/mol. The number of piperidine rings is 1. The molecule has 2 heteroatoms. The Labute approximate surface area is 90.0 Å². The minimum Gasteiger partial charge on any atom is -0.316 e. The molecule has 2 rings (SSSR count). The maximum absolute atomic E-state index is 12.9. The van der Waals surface area contributed by atoms with Crippen LogP contribution in [0.1, 0.15) is 18.4 Å². The van der Waals surface area contributed by atoms with Gasteiger partial charge in [-0.15, -0.1) is 0 Å². The predicted octanol–water partition coefficient (Wildman–Crippen LogP) is 2.84. The molecule has 0 aromatic heterocycles. The summed E-state index contributed by atoms with van der Waals surface area (Å²) >= 11 is 0. The van der Waals surface area contributed by atoms with Gasteiger partial charge in [-0.25, -0.2) is 4.39 Å². The first-order valence-corrected chi connectivity index (χ1v) is 5.49. The van der Waals surface area contributed by atoms with E-state index >= 15 is 0 Å². The van der Waals surface area contributed by atoms with Gasteiger partial charge in [0.15, 0.2) is 0 Å². The van der Waals surface area contributed by atoms with Gasteiger partial charge < -0.3 is 5.32 Å². The van der Waals surface area contributed by atoms with E-state index in [4.69, 9.17) is 0 Å². The Hall–Kier alpha value is -1.15. The zero-order valence-corrected chi connectivity index (χ0v) is 8.75. The fraction of sp³-hybridized carbons (Fsp3) is 0.385. The number of halogens is 1. The standard InChI is InChI=1S/C13H16FN/c14-13-5-1-3-11(9-13)6-7-12-4-2-8-15-10-12/h1,3,5-7,9,12,15H,2,4,8,10H2/b7-6+. The molecule has 0 bridgehead atoms. The summed E-state index contributed by atoms with van der Waals surface area (Å²) in [6, 6.07) is 6.70. The van der Waals surface area contributed by atoms with Gasteiger partial charge in [0.1, 0.15) is 5.82 Å². The Bertz CT molecular complexity index is 340. The van der Waals surface area contributed by atoms with Crippen molar-refractivity contribution in [3.63, 3.8) is 0 Å². The van der Waals surface area contributed by atoms with Crippen LogP contribution in [0.15, 0.2) is 30.3 Å². The van der Waals surface area contributed by atoms with E-state index in [1.165, 1.54) is 18.9 Å². The van der Waals surface area contributed by atoms with E-state index in [0.717, 1.165) is 18.7 Å². The van der Waals surface area contributed by atoms with Crippen LogP contribution in [-0.4, -0.2) is 13.1 Å². The van der Waals surface area contributed by atoms with Gasteiger partial charge in [-0.3, -0.25) is 0 Å². The summed E-state index contributed by atoms with van der Waals surface area (Å²) in [5, 5.41) is 3.36. The molecule has 1 saturated heterocycles. The Morgan fingerprint density at radius 3 is 3.07 bits per heavy atom. The SMILES string of the molecule is Fc1cccc(/C=C/C2CCCNC2)c1. The van der Waals surface area contributed by atoms with E-state index in [2.05, 4.69) is 11.4 Å². The van der Waals surface area contributed by atoms with Crippen molar-refractivity contribution in [3.8, 4) is 0 Å². The first kappa shape index (κ1) is 10.4. The van der Waals surface area contributed by atoms with E-state index in [1.54, 1.807) is 12.1 Å². The predicted molar refractivity (Wildman–Crippen MR) is 61.0 cm³/mol. The average Bonchev–Trinajstić information content (AvgIpc) is 2.28. The maximum Gasteiger partial charge on any atom is 0.123 e. The molecule has 0 radical (unpaired) electrons. The summed E-state index contributed by atoms with van der Waals surface area (Å²) in [6.07, 6.45) is 6.67. The van der Waals surface area contributed by atoms with Crippen LogP contribution in [-0.2, 0) is 0 Å². The molecule has 1 aromatic carbocycles. The maximum atomic E-state index is 12.9. The Morgan fingerprint density at radius 2 is 2.33 bits per heavy atom. The summed E-state index contributed by atoms with van der Waals surface area (Å²) in [7, 11) is 0. The third kappa shape index (κ3) is 3.17. The first-order valence-electron chi connectivity index (χ1n) is 5.49. The first-order chi connectivity index (χ1) is 7.34. The van der Waals surface area contributed by atoms with Gasteiger partial charge in [0.05, 0.1) is 0 Å². The molecule has 1 aliphatic heterocycles. The van der Waals surface area contributed by atoms with Crippen LogP contribution in [0.5, 0.6) is 0 Å². The molecule has 1 nitrogen and oxygen atoms in total. The molecule has 1 heterocycles. The highest BCUT2D eigenvalue weighted by Crippen LogP contribution is 2.14. The average molecular weight is 205 g/mol. The Balaban J connectivity index is 1.97. The highest BCUT2D eigenvalue weighted by molar-refractivity contribution is 5.49. The summed E-state index contributed by atoms with van der Waals surface area (Å²) in [6.45, 7) is 2.18. The van der Waals surface area contributed by atoms with Crippen LogP contribution in [0, 0.1) is 11.7 Å². The molecule has 0 saturated carbocycles. The molecule has 1 fully saturated rings. The van der Waals surface area contributed by atoms with Crippen LogP contribution in [0.4, 0.5) is 4.39 Å². The highest BCUT2D eigenvalue weighted by Gasteiger charge is 2.08. The van der Waals surface area contributed by atoms with Gasteiger partial charge in [0.25, 0.3) is 0 Å². The largest absolute Gasteiger partial charge is 0.316 e. The summed E-state index contributed by atoms with van der Waals surface area (Å²) in [5.74, 6) is 0.431. The van der Waals surface area contributed by atoms with Crippen molar-refractivity contribution in [3.05, 3.63) is 41.7 Å². The number of hydrogen-bond donors (Lipinski definition) is 1. The lowest BCUT2D eigenvalue weighted by molar-refractivity contribution is 0.439. The third-order valence-corrected chi connectivity index (χ3v) is 2.74. The fourth-order valence-electron chi connectivity index (χ4n) is 1.90. The van der Waals surface area contributed by atoms with Crippen molar-refractivity contribution < 1.29 is 4.39 Å². The second-order valence-electron chi connectivity index (χ2n) is 4.02. The fourth-order valence-corrected chi connectivity index (χ4v) is 1.90. The van der Waals surface area contributed by atoms with Crippen molar-refractivity contribution in [2.24, 2.45) is 5.92 Å². The molecule has 0 amide bonds. The van der Waals surface area contributed by atoms with Crippen LogP contribution >= 0.6 is 0 Å². The molecule has 1 aromatic rings. The molecule has 1 atom stereocenters. The minimum absolute atomic E-state index is 0.168. The van der Waals surface area contributed by atoms with Gasteiger partial charge in [-0.1, -0.05) is 24.3 Å². The molecule has 15 heavy (non-hydrogen) atoms. The minimum atomic E-state index is -0.168. The number of rotatable bonds is 2. The van der Waals surface area contributed by atoms with Gasteiger partial charge in [-0.2, -0.15) is 0 Å². The van der Waals surface area contributed by atoms with Gasteiger partial charge in [-0.05, 0) is 43.0 Å². The van der Waals surface area contributed by atoms with Gasteiger partial charge in [0, 0.05) is 6.54 Å². The van der Waals surface area contributed by atoms with E-state index in [1.807, 2.05) is 12.1 Å². The molecule has 1 aliphatic rings. The Kier molecular flexibility index (Phi) is 3.51. The summed E-state index contributed by atoms with van der Waals surface area (Å²) in [4.78, 5) is 0. The molecule has 0 aliphatic carbocycles. The van der Waals surface area contributed by atoms with Crippen molar-refractivity contribution in [1.29, 1.82) is 0 Å².